The Morgan fingerprint density at radius 2 is 1.95 bits per heavy atom. The lowest BCUT2D eigenvalue weighted by Gasteiger charge is -2.35. The lowest BCUT2D eigenvalue weighted by molar-refractivity contribution is -0.136. The molecule has 1 aromatic heterocycles. The van der Waals surface area contributed by atoms with Gasteiger partial charge in [-0.2, -0.15) is 0 Å². The Labute approximate surface area is 226 Å². The lowest BCUT2D eigenvalue weighted by Crippen LogP contribution is -2.50. The highest BCUT2D eigenvalue weighted by Crippen LogP contribution is 2.45. The SMILES string of the molecule is COc1cc2c(Nc3c(Cl)ccc4c3OCO4)ncnc2cc1OCCCN1CCN(C(=O)C(C)C)CC1. The van der Waals surface area contributed by atoms with Crippen molar-refractivity contribution in [3.63, 3.8) is 0 Å². The normalized spacial score (nSPS) is 15.2. The Balaban J connectivity index is 1.23. The average Bonchev–Trinajstić information content (AvgIpc) is 3.41. The first-order valence-electron chi connectivity index (χ1n) is 12.8. The Morgan fingerprint density at radius 1 is 1.13 bits per heavy atom. The van der Waals surface area contributed by atoms with Crippen LogP contribution in [0.2, 0.25) is 5.02 Å². The van der Waals surface area contributed by atoms with Crippen LogP contribution < -0.4 is 24.3 Å². The Morgan fingerprint density at radius 3 is 2.71 bits per heavy atom. The molecule has 1 amide bonds. The van der Waals surface area contributed by atoms with Gasteiger partial charge in [0, 0.05) is 50.1 Å². The standard InChI is InChI=1S/C27H32ClN5O5/c1-17(2)27(34)33-10-8-32(9-11-33)7-4-12-36-23-14-20-18(13-22(23)35-3)26(30-15-29-20)31-24-19(28)5-6-21-25(24)38-16-37-21/h5-6,13-15,17H,4,7-12,16H2,1-3H3,(H,29,30,31). The quantitative estimate of drug-likeness (QED) is 0.397. The third kappa shape index (κ3) is 5.51. The summed E-state index contributed by atoms with van der Waals surface area (Å²) in [6.45, 7) is 8.81. The number of carbonyl (C=O) groups excluding carboxylic acids is 1. The van der Waals surface area contributed by atoms with Crippen molar-refractivity contribution in [2.45, 2.75) is 20.3 Å². The number of piperazine rings is 1. The zero-order valence-electron chi connectivity index (χ0n) is 21.8. The number of aromatic nitrogens is 2. The van der Waals surface area contributed by atoms with Crippen molar-refractivity contribution < 1.29 is 23.7 Å². The monoisotopic (exact) mass is 541 g/mol. The van der Waals surface area contributed by atoms with Crippen LogP contribution in [0.1, 0.15) is 20.3 Å². The molecular weight excluding hydrogens is 510 g/mol. The second-order valence-electron chi connectivity index (χ2n) is 9.55. The number of fused-ring (bicyclic) bond motifs is 2. The highest BCUT2D eigenvalue weighted by molar-refractivity contribution is 6.34. The molecule has 5 rings (SSSR count). The summed E-state index contributed by atoms with van der Waals surface area (Å²) < 4.78 is 22.8. The fraction of sp³-hybridized carbons (Fsp3) is 0.444. The van der Waals surface area contributed by atoms with Gasteiger partial charge in [-0.25, -0.2) is 9.97 Å². The van der Waals surface area contributed by atoms with Crippen LogP contribution in [-0.2, 0) is 4.79 Å². The molecule has 10 nitrogen and oxygen atoms in total. The molecule has 0 atom stereocenters. The van der Waals surface area contributed by atoms with E-state index < -0.39 is 0 Å². The van der Waals surface area contributed by atoms with Gasteiger partial charge in [0.1, 0.15) is 17.8 Å². The number of nitrogens with zero attached hydrogens (tertiary/aromatic N) is 4. The zero-order valence-corrected chi connectivity index (χ0v) is 22.6. The minimum Gasteiger partial charge on any atom is -0.493 e. The summed E-state index contributed by atoms with van der Waals surface area (Å²) in [7, 11) is 1.61. The van der Waals surface area contributed by atoms with E-state index in [1.165, 1.54) is 6.33 Å². The first-order chi connectivity index (χ1) is 18.4. The van der Waals surface area contributed by atoms with E-state index in [9.17, 15) is 4.79 Å². The number of hydrogen-bond donors (Lipinski definition) is 1. The van der Waals surface area contributed by atoms with E-state index in [0.29, 0.717) is 51.6 Å². The van der Waals surface area contributed by atoms with Gasteiger partial charge in [0.25, 0.3) is 0 Å². The van der Waals surface area contributed by atoms with Crippen molar-refractivity contribution in [1.82, 2.24) is 19.8 Å². The molecule has 1 N–H and O–H groups in total. The van der Waals surface area contributed by atoms with Gasteiger partial charge in [0.05, 0.1) is 24.3 Å². The van der Waals surface area contributed by atoms with Gasteiger partial charge in [0.15, 0.2) is 23.0 Å². The van der Waals surface area contributed by atoms with E-state index >= 15 is 0 Å². The Hall–Kier alpha value is -3.50. The van der Waals surface area contributed by atoms with E-state index in [1.807, 2.05) is 30.9 Å². The van der Waals surface area contributed by atoms with Gasteiger partial charge in [-0.1, -0.05) is 25.4 Å². The average molecular weight is 542 g/mol. The molecule has 1 saturated heterocycles. The van der Waals surface area contributed by atoms with Crippen molar-refractivity contribution >= 4 is 39.9 Å². The maximum absolute atomic E-state index is 12.2. The van der Waals surface area contributed by atoms with Gasteiger partial charge in [-0.15, -0.1) is 0 Å². The predicted molar refractivity (Wildman–Crippen MR) is 145 cm³/mol. The molecule has 3 aromatic rings. The van der Waals surface area contributed by atoms with Gasteiger partial charge in [-0.3, -0.25) is 9.69 Å². The van der Waals surface area contributed by atoms with Crippen molar-refractivity contribution in [3.8, 4) is 23.0 Å². The van der Waals surface area contributed by atoms with E-state index in [2.05, 4.69) is 20.2 Å². The minimum atomic E-state index is 0.0458. The Bertz CT molecular complexity index is 1310. The number of methoxy groups -OCH3 is 1. The third-order valence-electron chi connectivity index (χ3n) is 6.71. The molecule has 0 aliphatic carbocycles. The van der Waals surface area contributed by atoms with Gasteiger partial charge >= 0.3 is 0 Å². The highest BCUT2D eigenvalue weighted by atomic mass is 35.5. The molecule has 202 valence electrons. The first-order valence-corrected chi connectivity index (χ1v) is 13.1. The molecule has 0 saturated carbocycles. The molecule has 2 aliphatic heterocycles. The largest absolute Gasteiger partial charge is 0.493 e. The molecule has 0 radical (unpaired) electrons. The van der Waals surface area contributed by atoms with Crippen molar-refractivity contribution in [1.29, 1.82) is 0 Å². The number of halogens is 1. The third-order valence-corrected chi connectivity index (χ3v) is 7.02. The fourth-order valence-corrected chi connectivity index (χ4v) is 4.84. The van der Waals surface area contributed by atoms with Crippen molar-refractivity contribution in [2.24, 2.45) is 5.92 Å². The molecule has 0 spiro atoms. The minimum absolute atomic E-state index is 0.0458. The molecule has 2 aliphatic rings. The first kappa shape index (κ1) is 26.1. The molecule has 11 heteroatoms. The number of nitrogens with one attached hydrogen (secondary N) is 1. The summed E-state index contributed by atoms with van der Waals surface area (Å²) in [6.07, 6.45) is 2.34. The maximum atomic E-state index is 12.2. The van der Waals surface area contributed by atoms with Crippen molar-refractivity contribution in [2.75, 3.05) is 58.6 Å². The number of amides is 1. The number of anilines is 2. The van der Waals surface area contributed by atoms with Crippen LogP contribution in [0, 0.1) is 5.92 Å². The smallest absolute Gasteiger partial charge is 0.231 e. The van der Waals surface area contributed by atoms with Gasteiger partial charge < -0.3 is 29.2 Å². The summed E-state index contributed by atoms with van der Waals surface area (Å²) in [5.41, 5.74) is 1.28. The Kier molecular flexibility index (Phi) is 7.90. The topological polar surface area (TPSA) is 98.3 Å². The number of rotatable bonds is 9. The summed E-state index contributed by atoms with van der Waals surface area (Å²) in [4.78, 5) is 25.4. The summed E-state index contributed by atoms with van der Waals surface area (Å²) in [5, 5.41) is 4.51. The number of benzene rings is 2. The van der Waals surface area contributed by atoms with Crippen LogP contribution in [0.5, 0.6) is 23.0 Å². The van der Waals surface area contributed by atoms with Gasteiger partial charge in [0.2, 0.25) is 12.7 Å². The second kappa shape index (κ2) is 11.5. The van der Waals surface area contributed by atoms with E-state index in [4.69, 9.17) is 30.5 Å². The molecule has 1 fully saturated rings. The van der Waals surface area contributed by atoms with E-state index in [0.717, 1.165) is 44.5 Å². The lowest BCUT2D eigenvalue weighted by atomic mass is 10.1. The number of hydrogen-bond acceptors (Lipinski definition) is 9. The summed E-state index contributed by atoms with van der Waals surface area (Å²) >= 11 is 6.45. The maximum Gasteiger partial charge on any atom is 0.231 e. The van der Waals surface area contributed by atoms with Crippen LogP contribution in [-0.4, -0.2) is 78.9 Å². The summed E-state index contributed by atoms with van der Waals surface area (Å²) in [6, 6.07) is 7.23. The number of carbonyl (C=O) groups is 1. The van der Waals surface area contributed by atoms with Crippen LogP contribution in [0.15, 0.2) is 30.6 Å². The molecule has 38 heavy (non-hydrogen) atoms. The predicted octanol–water partition coefficient (Wildman–Crippen LogP) is 4.33. The second-order valence-corrected chi connectivity index (χ2v) is 9.95. The van der Waals surface area contributed by atoms with Crippen LogP contribution in [0.3, 0.4) is 0 Å². The molecule has 0 bridgehead atoms. The summed E-state index contributed by atoms with van der Waals surface area (Å²) in [5.74, 6) is 3.20. The van der Waals surface area contributed by atoms with Crippen LogP contribution in [0.25, 0.3) is 10.9 Å². The van der Waals surface area contributed by atoms with Crippen molar-refractivity contribution in [3.05, 3.63) is 35.6 Å². The number of ether oxygens (including phenoxy) is 4. The van der Waals surface area contributed by atoms with Crippen LogP contribution in [0.4, 0.5) is 11.5 Å². The molecule has 0 unspecified atom stereocenters. The fourth-order valence-electron chi connectivity index (χ4n) is 4.65. The highest BCUT2D eigenvalue weighted by Gasteiger charge is 2.23. The molecule has 2 aromatic carbocycles. The molecule has 3 heterocycles. The van der Waals surface area contributed by atoms with E-state index in [1.54, 1.807) is 19.2 Å². The van der Waals surface area contributed by atoms with E-state index in [-0.39, 0.29) is 18.6 Å². The molecular formula is C27H32ClN5O5. The van der Waals surface area contributed by atoms with Gasteiger partial charge in [-0.05, 0) is 24.6 Å². The van der Waals surface area contributed by atoms with Crippen LogP contribution >= 0.6 is 11.6 Å². The zero-order chi connectivity index (χ0) is 26.6.